The van der Waals surface area contributed by atoms with Gasteiger partial charge >= 0.3 is 0 Å². The van der Waals surface area contributed by atoms with Crippen LogP contribution in [-0.2, 0) is 0 Å². The van der Waals surface area contributed by atoms with Crippen molar-refractivity contribution in [3.63, 3.8) is 0 Å². The zero-order valence-electron chi connectivity index (χ0n) is 32.3. The van der Waals surface area contributed by atoms with E-state index >= 15 is 0 Å². The number of fused-ring (bicyclic) bond motifs is 10. The Morgan fingerprint density at radius 3 is 1.37 bits per heavy atom. The van der Waals surface area contributed by atoms with Crippen molar-refractivity contribution in [2.24, 2.45) is 34.5 Å². The van der Waals surface area contributed by atoms with E-state index in [4.69, 9.17) is 0 Å². The lowest BCUT2D eigenvalue weighted by Gasteiger charge is -2.50. The number of hydrogen-bond acceptors (Lipinski definition) is 0. The number of rotatable bonds is 1. The summed E-state index contributed by atoms with van der Waals surface area (Å²) in [4.78, 5) is 0. The Bertz CT molecular complexity index is 2650. The van der Waals surface area contributed by atoms with E-state index in [0.29, 0.717) is 23.7 Å². The molecule has 0 N–H and O–H groups in total. The van der Waals surface area contributed by atoms with Crippen LogP contribution in [0, 0.1) is 34.5 Å². The van der Waals surface area contributed by atoms with E-state index in [1.54, 1.807) is 11.1 Å². The van der Waals surface area contributed by atoms with E-state index in [-0.39, 0.29) is 10.8 Å². The van der Waals surface area contributed by atoms with Crippen LogP contribution in [0.1, 0.15) is 54.4 Å². The van der Waals surface area contributed by atoms with Crippen molar-refractivity contribution in [3.05, 3.63) is 164 Å². The van der Waals surface area contributed by atoms with Crippen LogP contribution in [-0.4, -0.2) is 11.6 Å². The summed E-state index contributed by atoms with van der Waals surface area (Å²) in [7, 11) is 2.52. The molecule has 0 spiro atoms. The molecular formula is C52H48P2. The molecule has 4 atom stereocenters. The molecule has 0 aromatic heterocycles. The van der Waals surface area contributed by atoms with Crippen LogP contribution in [0.2, 0.25) is 0 Å². The average molecular weight is 735 g/mol. The molecule has 0 bridgehead atoms. The minimum absolute atomic E-state index is 0.0879. The Morgan fingerprint density at radius 2 is 0.944 bits per heavy atom. The summed E-state index contributed by atoms with van der Waals surface area (Å²) in [6.45, 7) is 15.0. The molecule has 0 saturated carbocycles. The molecule has 2 heteroatoms. The molecule has 6 aliphatic rings. The van der Waals surface area contributed by atoms with E-state index in [1.807, 2.05) is 0 Å². The molecule has 0 amide bonds. The third-order valence-electron chi connectivity index (χ3n) is 13.0. The van der Waals surface area contributed by atoms with Crippen LogP contribution in [0.25, 0.3) is 44.3 Å². The molecule has 266 valence electrons. The molecule has 4 aromatic carbocycles. The van der Waals surface area contributed by atoms with Crippen LogP contribution in [0.4, 0.5) is 0 Å². The zero-order valence-corrected chi connectivity index (χ0v) is 34.1. The van der Waals surface area contributed by atoms with E-state index in [2.05, 4.69) is 174 Å². The van der Waals surface area contributed by atoms with E-state index in [9.17, 15) is 0 Å². The highest BCUT2D eigenvalue weighted by Crippen LogP contribution is 2.57. The maximum Gasteiger partial charge on any atom is -0.00173 e. The minimum atomic E-state index is 0.0879. The maximum atomic E-state index is 2.66. The molecule has 2 heterocycles. The van der Waals surface area contributed by atoms with Crippen molar-refractivity contribution in [2.75, 3.05) is 0 Å². The molecule has 10 rings (SSSR count). The Kier molecular flexibility index (Phi) is 7.97. The van der Waals surface area contributed by atoms with Gasteiger partial charge in [-0.3, -0.25) is 0 Å². The SMILES string of the molecule is CC(C)(C)C1C2=C(C=CC1C1C=CC3=C(CC=C4C=PC=c5ccc6ccccc6c5=C43)C1C(C)(C)C)C1=c3c(ccc4ccccc34)=CP=CC1=CC2. The van der Waals surface area contributed by atoms with Gasteiger partial charge in [-0.25, -0.2) is 0 Å². The highest BCUT2D eigenvalue weighted by molar-refractivity contribution is 7.48. The Hall–Kier alpha value is -4.34. The van der Waals surface area contributed by atoms with Gasteiger partial charge in [-0.2, -0.15) is 0 Å². The zero-order chi connectivity index (χ0) is 36.9. The summed E-state index contributed by atoms with van der Waals surface area (Å²) in [6, 6.07) is 27.3. The van der Waals surface area contributed by atoms with Gasteiger partial charge in [0.1, 0.15) is 0 Å². The fourth-order valence-corrected chi connectivity index (χ4v) is 12.7. The first kappa shape index (κ1) is 34.2. The fraction of sp³-hybridized carbons (Fsp3) is 0.269. The smallest absolute Gasteiger partial charge is 0.00173 e. The molecule has 0 nitrogen and oxygen atoms in total. The highest BCUT2D eigenvalue weighted by atomic mass is 31.1. The van der Waals surface area contributed by atoms with E-state index < -0.39 is 0 Å². The van der Waals surface area contributed by atoms with Gasteiger partial charge < -0.3 is 0 Å². The van der Waals surface area contributed by atoms with Gasteiger partial charge in [0.25, 0.3) is 0 Å². The topological polar surface area (TPSA) is 0 Å². The molecule has 2 aliphatic heterocycles. The van der Waals surface area contributed by atoms with Crippen molar-refractivity contribution < 1.29 is 0 Å². The third-order valence-corrected chi connectivity index (χ3v) is 14.7. The van der Waals surface area contributed by atoms with Crippen molar-refractivity contribution in [3.8, 4) is 0 Å². The summed E-state index contributed by atoms with van der Waals surface area (Å²) < 4.78 is 0. The molecule has 4 aromatic rings. The van der Waals surface area contributed by atoms with Crippen molar-refractivity contribution in [2.45, 2.75) is 54.4 Å². The Morgan fingerprint density at radius 1 is 0.519 bits per heavy atom. The molecule has 0 saturated heterocycles. The number of benzene rings is 4. The second-order valence-corrected chi connectivity index (χ2v) is 19.9. The monoisotopic (exact) mass is 734 g/mol. The van der Waals surface area contributed by atoms with E-state index in [1.165, 1.54) is 92.3 Å². The van der Waals surface area contributed by atoms with Gasteiger partial charge in [0, 0.05) is 0 Å². The van der Waals surface area contributed by atoms with Gasteiger partial charge in [-0.15, -0.1) is 0 Å². The normalized spacial score (nSPS) is 24.9. The molecule has 4 unspecified atom stereocenters. The Labute approximate surface area is 323 Å². The average Bonchev–Trinajstić information content (AvgIpc) is 3.48. The van der Waals surface area contributed by atoms with Crippen molar-refractivity contribution >= 4 is 72.3 Å². The summed E-state index contributed by atoms with van der Waals surface area (Å²) in [5.74, 6) is 11.3. The fourth-order valence-electron chi connectivity index (χ4n) is 11.0. The summed E-state index contributed by atoms with van der Waals surface area (Å²) in [5.41, 5.74) is 12.1. The largest absolute Gasteiger partial charge is 0.0796 e. The second kappa shape index (κ2) is 12.6. The molecule has 0 radical (unpaired) electrons. The first-order valence-corrected chi connectivity index (χ1v) is 21.9. The first-order valence-electron chi connectivity index (χ1n) is 19.8. The van der Waals surface area contributed by atoms with Gasteiger partial charge in [0.05, 0.1) is 0 Å². The highest BCUT2D eigenvalue weighted by Gasteiger charge is 2.48. The van der Waals surface area contributed by atoms with E-state index in [0.717, 1.165) is 12.8 Å². The lowest BCUT2D eigenvalue weighted by Crippen LogP contribution is -2.43. The predicted octanol–water partition coefficient (Wildman–Crippen LogP) is 10.9. The minimum Gasteiger partial charge on any atom is -0.0796 e. The van der Waals surface area contributed by atoms with Crippen LogP contribution in [0.3, 0.4) is 0 Å². The van der Waals surface area contributed by atoms with Crippen LogP contribution in [0.5, 0.6) is 0 Å². The molecule has 4 aliphatic carbocycles. The van der Waals surface area contributed by atoms with Crippen molar-refractivity contribution in [1.29, 1.82) is 0 Å². The van der Waals surface area contributed by atoms with Gasteiger partial charge in [0.2, 0.25) is 0 Å². The quantitative estimate of drug-likeness (QED) is 0.171. The number of allylic oxidation sites excluding steroid dienone is 12. The van der Waals surface area contributed by atoms with Crippen LogP contribution >= 0.6 is 16.4 Å². The standard InChI is InChI=1S/C52H48P2/c1-51(2,3)49-41-21-19-35-29-53-27-33-17-15-31-11-7-9-13-37(31)45(33)47(35)39(41)23-25-43(49)44-26-24-40-42(50(44)52(4,5)6)22-20-36-30-54-28-34-18-16-32-12-8-10-14-38(32)46(34)48(36)40/h7-20,23-30,43-44,49-50H,21-22H2,1-6H3. The second-order valence-electron chi connectivity index (χ2n) is 18.2. The lowest BCUT2D eigenvalue weighted by atomic mass is 9.53. The third kappa shape index (κ3) is 5.32. The van der Waals surface area contributed by atoms with Gasteiger partial charge in [-0.1, -0.05) is 178 Å². The maximum absolute atomic E-state index is 2.66. The van der Waals surface area contributed by atoms with Crippen molar-refractivity contribution in [1.82, 2.24) is 0 Å². The number of hydrogen-bond donors (Lipinski definition) is 0. The lowest BCUT2D eigenvalue weighted by molar-refractivity contribution is 0.118. The molecular weight excluding hydrogens is 687 g/mol. The van der Waals surface area contributed by atoms with Gasteiger partial charge in [0.15, 0.2) is 0 Å². The van der Waals surface area contributed by atoms with Crippen LogP contribution < -0.4 is 20.9 Å². The van der Waals surface area contributed by atoms with Gasteiger partial charge in [-0.05, 0) is 146 Å². The van der Waals surface area contributed by atoms with Crippen LogP contribution in [0.15, 0.2) is 143 Å². The molecule has 0 fully saturated rings. The Balaban J connectivity index is 1.16. The molecule has 54 heavy (non-hydrogen) atoms. The first-order chi connectivity index (χ1) is 26.1. The predicted molar refractivity (Wildman–Crippen MR) is 239 cm³/mol. The summed E-state index contributed by atoms with van der Waals surface area (Å²) in [5, 5.41) is 10.9. The summed E-state index contributed by atoms with van der Waals surface area (Å²) in [6.07, 6.45) is 17.6. The summed E-state index contributed by atoms with van der Waals surface area (Å²) >= 11 is 0.